The summed E-state index contributed by atoms with van der Waals surface area (Å²) in [4.78, 5) is 0. The molecule has 1 fully saturated rings. The molecule has 1 aromatic carbocycles. The van der Waals surface area contributed by atoms with E-state index in [1.165, 1.54) is 0 Å². The average Bonchev–Trinajstić information content (AvgIpc) is 2.44. The van der Waals surface area contributed by atoms with Crippen LogP contribution in [0, 0.1) is 35.0 Å². The molecule has 2 N–H and O–H groups in total. The van der Waals surface area contributed by atoms with Gasteiger partial charge in [0.05, 0.1) is 0 Å². The van der Waals surface area contributed by atoms with Gasteiger partial charge in [0, 0.05) is 11.6 Å². The Morgan fingerprint density at radius 2 is 1.16 bits per heavy atom. The molecule has 0 aromatic heterocycles. The van der Waals surface area contributed by atoms with Crippen molar-refractivity contribution in [1.29, 1.82) is 0 Å². The molecule has 0 spiro atoms. The fraction of sp³-hybridized carbons (Fsp3) is 0.538. The maximum Gasteiger partial charge on any atom is 0.200 e. The minimum absolute atomic E-state index is 0.248. The van der Waals surface area contributed by atoms with E-state index in [-0.39, 0.29) is 5.92 Å². The summed E-state index contributed by atoms with van der Waals surface area (Å²) >= 11 is 0. The molecule has 0 saturated heterocycles. The third-order valence-electron chi connectivity index (χ3n) is 3.73. The molecule has 1 aliphatic rings. The molecule has 0 unspecified atom stereocenters. The monoisotopic (exact) mass is 279 g/mol. The Balaban J connectivity index is 2.43. The number of nitrogens with two attached hydrogens (primary N) is 1. The summed E-state index contributed by atoms with van der Waals surface area (Å²) in [5.74, 6) is -9.87. The van der Waals surface area contributed by atoms with E-state index in [1.54, 1.807) is 0 Å². The van der Waals surface area contributed by atoms with Crippen molar-refractivity contribution in [2.75, 3.05) is 0 Å². The van der Waals surface area contributed by atoms with Crippen molar-refractivity contribution in [3.8, 4) is 0 Å². The summed E-state index contributed by atoms with van der Waals surface area (Å²) in [5, 5.41) is 0. The van der Waals surface area contributed by atoms with Gasteiger partial charge in [0.25, 0.3) is 0 Å². The van der Waals surface area contributed by atoms with E-state index in [0.29, 0.717) is 12.8 Å². The van der Waals surface area contributed by atoms with Gasteiger partial charge >= 0.3 is 0 Å². The first-order valence-corrected chi connectivity index (χ1v) is 6.22. The summed E-state index contributed by atoms with van der Waals surface area (Å²) in [7, 11) is 0. The standard InChI is InChI=1S/C13H14F5N/c14-8-7(9(15)11(17)12(18)10(8)16)13(19)6-4-2-1-3-5-6/h6,13H,1-5,19H2/t13-/m1/s1. The van der Waals surface area contributed by atoms with Gasteiger partial charge in [-0.05, 0) is 18.8 Å². The van der Waals surface area contributed by atoms with E-state index in [0.717, 1.165) is 19.3 Å². The zero-order chi connectivity index (χ0) is 14.2. The highest BCUT2D eigenvalue weighted by Gasteiger charge is 2.32. The van der Waals surface area contributed by atoms with Gasteiger partial charge in [-0.25, -0.2) is 22.0 Å². The van der Waals surface area contributed by atoms with Crippen molar-refractivity contribution in [3.05, 3.63) is 34.6 Å². The fourth-order valence-corrected chi connectivity index (χ4v) is 2.64. The minimum atomic E-state index is -2.14. The van der Waals surface area contributed by atoms with Gasteiger partial charge in [0.15, 0.2) is 23.3 Å². The summed E-state index contributed by atoms with van der Waals surface area (Å²) in [6.45, 7) is 0. The quantitative estimate of drug-likeness (QED) is 0.495. The van der Waals surface area contributed by atoms with Crippen LogP contribution in [-0.2, 0) is 0 Å². The maximum atomic E-state index is 13.6. The largest absolute Gasteiger partial charge is 0.324 e. The molecule has 2 rings (SSSR count). The Morgan fingerprint density at radius 1 is 0.737 bits per heavy atom. The van der Waals surface area contributed by atoms with Gasteiger partial charge in [0.2, 0.25) is 5.82 Å². The molecule has 19 heavy (non-hydrogen) atoms. The molecule has 0 bridgehead atoms. The Kier molecular flexibility index (Phi) is 4.08. The van der Waals surface area contributed by atoms with Crippen LogP contribution in [-0.4, -0.2) is 0 Å². The minimum Gasteiger partial charge on any atom is -0.324 e. The average molecular weight is 279 g/mol. The van der Waals surface area contributed by atoms with Crippen LogP contribution in [0.25, 0.3) is 0 Å². The van der Waals surface area contributed by atoms with Gasteiger partial charge in [-0.3, -0.25) is 0 Å². The Morgan fingerprint density at radius 3 is 1.63 bits per heavy atom. The summed E-state index contributed by atoms with van der Waals surface area (Å²) in [5.41, 5.74) is 4.84. The van der Waals surface area contributed by atoms with Crippen LogP contribution in [0.2, 0.25) is 0 Å². The van der Waals surface area contributed by atoms with E-state index in [2.05, 4.69) is 0 Å². The van der Waals surface area contributed by atoms with E-state index in [1.807, 2.05) is 0 Å². The first-order chi connectivity index (χ1) is 8.95. The highest BCUT2D eigenvalue weighted by Crippen LogP contribution is 2.36. The summed E-state index contributed by atoms with van der Waals surface area (Å²) in [6.07, 6.45) is 3.99. The predicted octanol–water partition coefficient (Wildman–Crippen LogP) is 3.96. The molecule has 0 heterocycles. The second-order valence-electron chi connectivity index (χ2n) is 4.91. The van der Waals surface area contributed by atoms with Crippen molar-refractivity contribution < 1.29 is 22.0 Å². The van der Waals surface area contributed by atoms with Crippen LogP contribution < -0.4 is 5.73 Å². The van der Waals surface area contributed by atoms with E-state index >= 15 is 0 Å². The predicted molar refractivity (Wildman–Crippen MR) is 59.7 cm³/mol. The lowest BCUT2D eigenvalue weighted by atomic mass is 9.81. The first-order valence-electron chi connectivity index (χ1n) is 6.22. The smallest absolute Gasteiger partial charge is 0.200 e. The molecule has 106 valence electrons. The van der Waals surface area contributed by atoms with E-state index in [4.69, 9.17) is 5.73 Å². The normalized spacial score (nSPS) is 18.6. The van der Waals surface area contributed by atoms with Gasteiger partial charge in [-0.2, -0.15) is 0 Å². The Labute approximate surface area is 107 Å². The van der Waals surface area contributed by atoms with Gasteiger partial charge in [-0.1, -0.05) is 19.3 Å². The number of hydrogen-bond donors (Lipinski definition) is 1. The van der Waals surface area contributed by atoms with E-state index in [9.17, 15) is 22.0 Å². The maximum absolute atomic E-state index is 13.6. The summed E-state index contributed by atoms with van der Waals surface area (Å²) in [6, 6.07) is -1.16. The van der Waals surface area contributed by atoms with Crippen LogP contribution in [0.4, 0.5) is 22.0 Å². The number of benzene rings is 1. The highest BCUT2D eigenvalue weighted by molar-refractivity contribution is 5.27. The Bertz CT molecular complexity index is 453. The number of hydrogen-bond acceptors (Lipinski definition) is 1. The molecule has 1 saturated carbocycles. The number of halogens is 5. The molecular weight excluding hydrogens is 265 g/mol. The molecule has 1 nitrogen and oxygen atoms in total. The van der Waals surface area contributed by atoms with Crippen molar-refractivity contribution >= 4 is 0 Å². The van der Waals surface area contributed by atoms with Crippen LogP contribution >= 0.6 is 0 Å². The molecule has 0 aliphatic heterocycles. The van der Waals surface area contributed by atoms with Crippen LogP contribution in [0.15, 0.2) is 0 Å². The SMILES string of the molecule is N[C@@H](c1c(F)c(F)c(F)c(F)c1F)C1CCCCC1. The third-order valence-corrected chi connectivity index (χ3v) is 3.73. The topological polar surface area (TPSA) is 26.0 Å². The molecular formula is C13H14F5N. The van der Waals surface area contributed by atoms with Crippen LogP contribution in [0.1, 0.15) is 43.7 Å². The molecule has 1 aliphatic carbocycles. The highest BCUT2D eigenvalue weighted by atomic mass is 19.2. The zero-order valence-corrected chi connectivity index (χ0v) is 10.2. The second kappa shape index (κ2) is 5.45. The third kappa shape index (κ3) is 2.45. The van der Waals surface area contributed by atoms with Gasteiger partial charge in [-0.15, -0.1) is 0 Å². The van der Waals surface area contributed by atoms with Gasteiger partial charge < -0.3 is 5.73 Å². The van der Waals surface area contributed by atoms with Crippen LogP contribution in [0.3, 0.4) is 0 Å². The fourth-order valence-electron chi connectivity index (χ4n) is 2.64. The second-order valence-corrected chi connectivity index (χ2v) is 4.91. The lowest BCUT2D eigenvalue weighted by molar-refractivity contribution is 0.287. The molecule has 1 aromatic rings. The van der Waals surface area contributed by atoms with E-state index < -0.39 is 40.7 Å². The number of rotatable bonds is 2. The lowest BCUT2D eigenvalue weighted by Gasteiger charge is -2.28. The van der Waals surface area contributed by atoms with Crippen molar-refractivity contribution in [2.24, 2.45) is 11.7 Å². The zero-order valence-electron chi connectivity index (χ0n) is 10.2. The molecule has 1 atom stereocenters. The van der Waals surface area contributed by atoms with Gasteiger partial charge in [0.1, 0.15) is 0 Å². The summed E-state index contributed by atoms with van der Waals surface area (Å²) < 4.78 is 66.4. The van der Waals surface area contributed by atoms with Crippen molar-refractivity contribution in [2.45, 2.75) is 38.1 Å². The Hall–Kier alpha value is -1.17. The van der Waals surface area contributed by atoms with Crippen molar-refractivity contribution in [3.63, 3.8) is 0 Å². The van der Waals surface area contributed by atoms with Crippen LogP contribution in [0.5, 0.6) is 0 Å². The molecule has 6 heteroatoms. The molecule has 0 radical (unpaired) electrons. The first kappa shape index (κ1) is 14.2. The van der Waals surface area contributed by atoms with Crippen molar-refractivity contribution in [1.82, 2.24) is 0 Å². The molecule has 0 amide bonds. The lowest BCUT2D eigenvalue weighted by Crippen LogP contribution is -2.27.